The van der Waals surface area contributed by atoms with Crippen molar-refractivity contribution in [3.8, 4) is 11.8 Å². The Kier molecular flexibility index (Phi) is 6.12. The van der Waals surface area contributed by atoms with Gasteiger partial charge in [0.15, 0.2) is 0 Å². The number of aliphatic hydroxyl groups is 1. The van der Waals surface area contributed by atoms with Gasteiger partial charge in [-0.15, -0.1) is 0 Å². The van der Waals surface area contributed by atoms with Gasteiger partial charge in [-0.05, 0) is 41.5 Å². The predicted octanol–water partition coefficient (Wildman–Crippen LogP) is 2.43. The summed E-state index contributed by atoms with van der Waals surface area (Å²) in [5.74, 6) is 0.391. The van der Waals surface area contributed by atoms with Gasteiger partial charge in [0.1, 0.15) is 5.75 Å². The lowest BCUT2D eigenvalue weighted by molar-refractivity contribution is -0.116. The van der Waals surface area contributed by atoms with Crippen molar-refractivity contribution in [2.24, 2.45) is 0 Å². The van der Waals surface area contributed by atoms with E-state index in [1.54, 1.807) is 61.7 Å². The van der Waals surface area contributed by atoms with Crippen LogP contribution in [0.4, 0.5) is 0 Å². The monoisotopic (exact) mass is 322 g/mol. The highest BCUT2D eigenvalue weighted by Gasteiger charge is 2.08. The Morgan fingerprint density at radius 1 is 1.33 bits per heavy atom. The normalized spacial score (nSPS) is 11.7. The Balaban J connectivity index is 1.87. The van der Waals surface area contributed by atoms with Crippen molar-refractivity contribution in [1.29, 1.82) is 5.26 Å². The van der Waals surface area contributed by atoms with E-state index in [0.717, 1.165) is 5.56 Å². The molecular weight excluding hydrogens is 304 g/mol. The molecule has 1 amide bonds. The number of amides is 1. The molecule has 0 bridgehead atoms. The number of hydrogen-bond donors (Lipinski definition) is 2. The predicted molar refractivity (Wildman–Crippen MR) is 91.2 cm³/mol. The van der Waals surface area contributed by atoms with Crippen molar-refractivity contribution >= 4 is 12.0 Å². The average molecular weight is 322 g/mol. The molecule has 5 heteroatoms. The molecule has 0 aromatic heterocycles. The minimum Gasteiger partial charge on any atom is -0.497 e. The van der Waals surface area contributed by atoms with Crippen LogP contribution in [0.1, 0.15) is 22.8 Å². The lowest BCUT2D eigenvalue weighted by atomic mass is 10.1. The van der Waals surface area contributed by atoms with Crippen LogP contribution in [0.25, 0.3) is 6.08 Å². The number of nitriles is 1. The summed E-state index contributed by atoms with van der Waals surface area (Å²) in [6.07, 6.45) is 2.20. The van der Waals surface area contributed by atoms with Crippen LogP contribution < -0.4 is 10.1 Å². The number of hydrogen-bond acceptors (Lipinski definition) is 4. The molecule has 0 spiro atoms. The Hall–Kier alpha value is -3.10. The molecule has 122 valence electrons. The molecule has 0 aliphatic carbocycles. The SMILES string of the molecule is COc1ccc(C(O)CNC(=O)/C=C/c2cccc(C#N)c2)cc1. The first-order valence-corrected chi connectivity index (χ1v) is 7.40. The standard InChI is InChI=1S/C19H18N2O3/c1-24-17-8-6-16(7-9-17)18(22)13-21-19(23)10-5-14-3-2-4-15(11-14)12-20/h2-11,18,22H,13H2,1H3,(H,21,23)/b10-5+. The van der Waals surface area contributed by atoms with Crippen LogP contribution in [-0.2, 0) is 4.79 Å². The van der Waals surface area contributed by atoms with Gasteiger partial charge in [0.05, 0.1) is 24.8 Å². The van der Waals surface area contributed by atoms with Crippen molar-refractivity contribution in [2.45, 2.75) is 6.10 Å². The van der Waals surface area contributed by atoms with E-state index in [1.165, 1.54) is 6.08 Å². The Labute approximate surface area is 140 Å². The fourth-order valence-corrected chi connectivity index (χ4v) is 2.08. The summed E-state index contributed by atoms with van der Waals surface area (Å²) in [6, 6.07) is 16.0. The summed E-state index contributed by atoms with van der Waals surface area (Å²) in [4.78, 5) is 11.8. The van der Waals surface area contributed by atoms with Crippen molar-refractivity contribution in [1.82, 2.24) is 5.32 Å². The van der Waals surface area contributed by atoms with Crippen molar-refractivity contribution in [3.63, 3.8) is 0 Å². The van der Waals surface area contributed by atoms with Gasteiger partial charge in [-0.3, -0.25) is 4.79 Å². The zero-order valence-electron chi connectivity index (χ0n) is 13.3. The summed E-state index contributed by atoms with van der Waals surface area (Å²) >= 11 is 0. The second-order valence-corrected chi connectivity index (χ2v) is 5.10. The number of ether oxygens (including phenoxy) is 1. The van der Waals surface area contributed by atoms with Gasteiger partial charge in [0, 0.05) is 12.6 Å². The molecular formula is C19H18N2O3. The molecule has 0 heterocycles. The molecule has 0 aliphatic heterocycles. The molecule has 2 aromatic carbocycles. The van der Waals surface area contributed by atoms with E-state index < -0.39 is 6.10 Å². The molecule has 2 rings (SSSR count). The van der Waals surface area contributed by atoms with Gasteiger partial charge in [0.25, 0.3) is 0 Å². The molecule has 0 saturated heterocycles. The number of carbonyl (C=O) groups excluding carboxylic acids is 1. The fraction of sp³-hybridized carbons (Fsp3) is 0.158. The maximum Gasteiger partial charge on any atom is 0.244 e. The topological polar surface area (TPSA) is 82.3 Å². The molecule has 1 atom stereocenters. The third kappa shape index (κ3) is 4.97. The summed E-state index contributed by atoms with van der Waals surface area (Å²) < 4.78 is 5.06. The maximum absolute atomic E-state index is 11.8. The number of benzene rings is 2. The van der Waals surface area contributed by atoms with E-state index >= 15 is 0 Å². The number of methoxy groups -OCH3 is 1. The number of nitrogens with zero attached hydrogens (tertiary/aromatic N) is 1. The van der Waals surface area contributed by atoms with Crippen LogP contribution >= 0.6 is 0 Å². The number of aliphatic hydroxyl groups excluding tert-OH is 1. The smallest absolute Gasteiger partial charge is 0.244 e. The van der Waals surface area contributed by atoms with Gasteiger partial charge < -0.3 is 15.2 Å². The molecule has 1 unspecified atom stereocenters. The highest BCUT2D eigenvalue weighted by Crippen LogP contribution is 2.16. The summed E-state index contributed by atoms with van der Waals surface area (Å²) in [6.45, 7) is 0.105. The van der Waals surface area contributed by atoms with Crippen LogP contribution in [0.2, 0.25) is 0 Å². The molecule has 0 radical (unpaired) electrons. The minimum atomic E-state index is -0.796. The van der Waals surface area contributed by atoms with E-state index in [4.69, 9.17) is 10.00 Å². The number of nitrogens with one attached hydrogen (secondary N) is 1. The van der Waals surface area contributed by atoms with E-state index in [0.29, 0.717) is 16.9 Å². The summed E-state index contributed by atoms with van der Waals surface area (Å²) in [5.41, 5.74) is 1.99. The molecule has 5 nitrogen and oxygen atoms in total. The molecule has 2 N–H and O–H groups in total. The first-order valence-electron chi connectivity index (χ1n) is 7.40. The van der Waals surface area contributed by atoms with Crippen LogP contribution in [0.5, 0.6) is 5.75 Å². The fourth-order valence-electron chi connectivity index (χ4n) is 2.08. The molecule has 0 saturated carbocycles. The zero-order chi connectivity index (χ0) is 17.4. The average Bonchev–Trinajstić information content (AvgIpc) is 2.64. The molecule has 0 fully saturated rings. The highest BCUT2D eigenvalue weighted by molar-refractivity contribution is 5.91. The maximum atomic E-state index is 11.8. The molecule has 0 aliphatic rings. The first-order chi connectivity index (χ1) is 11.6. The Morgan fingerprint density at radius 2 is 2.08 bits per heavy atom. The second kappa shape index (κ2) is 8.51. The molecule has 24 heavy (non-hydrogen) atoms. The summed E-state index contributed by atoms with van der Waals surface area (Å²) in [5, 5.41) is 21.5. The third-order valence-electron chi connectivity index (χ3n) is 3.41. The minimum absolute atomic E-state index is 0.105. The van der Waals surface area contributed by atoms with Gasteiger partial charge in [0.2, 0.25) is 5.91 Å². The third-order valence-corrected chi connectivity index (χ3v) is 3.41. The lowest BCUT2D eigenvalue weighted by Gasteiger charge is -2.11. The van der Waals surface area contributed by atoms with Crippen LogP contribution in [0.15, 0.2) is 54.6 Å². The van der Waals surface area contributed by atoms with E-state index in [2.05, 4.69) is 5.32 Å². The zero-order valence-corrected chi connectivity index (χ0v) is 13.3. The van der Waals surface area contributed by atoms with E-state index in [9.17, 15) is 9.90 Å². The molecule has 2 aromatic rings. The van der Waals surface area contributed by atoms with Crippen molar-refractivity contribution in [2.75, 3.05) is 13.7 Å². The van der Waals surface area contributed by atoms with Crippen LogP contribution in [-0.4, -0.2) is 24.7 Å². The van der Waals surface area contributed by atoms with E-state index in [1.807, 2.05) is 6.07 Å². The first kappa shape index (κ1) is 17.3. The number of rotatable bonds is 6. The quantitative estimate of drug-likeness (QED) is 0.800. The van der Waals surface area contributed by atoms with Gasteiger partial charge in [-0.25, -0.2) is 0 Å². The van der Waals surface area contributed by atoms with Gasteiger partial charge >= 0.3 is 0 Å². The highest BCUT2D eigenvalue weighted by atomic mass is 16.5. The van der Waals surface area contributed by atoms with Crippen molar-refractivity contribution < 1.29 is 14.6 Å². The van der Waals surface area contributed by atoms with E-state index in [-0.39, 0.29) is 12.5 Å². The summed E-state index contributed by atoms with van der Waals surface area (Å²) in [7, 11) is 1.57. The van der Waals surface area contributed by atoms with Crippen LogP contribution in [0.3, 0.4) is 0 Å². The lowest BCUT2D eigenvalue weighted by Crippen LogP contribution is -2.26. The van der Waals surface area contributed by atoms with Crippen molar-refractivity contribution in [3.05, 3.63) is 71.3 Å². The Morgan fingerprint density at radius 3 is 2.75 bits per heavy atom. The van der Waals surface area contributed by atoms with Gasteiger partial charge in [-0.1, -0.05) is 24.3 Å². The Bertz CT molecular complexity index is 761. The largest absolute Gasteiger partial charge is 0.497 e. The second-order valence-electron chi connectivity index (χ2n) is 5.10. The van der Waals surface area contributed by atoms with Gasteiger partial charge in [-0.2, -0.15) is 5.26 Å². The number of carbonyl (C=O) groups is 1. The van der Waals surface area contributed by atoms with Crippen LogP contribution in [0, 0.1) is 11.3 Å².